The van der Waals surface area contributed by atoms with Gasteiger partial charge in [-0.2, -0.15) is 0 Å². The van der Waals surface area contributed by atoms with E-state index in [0.29, 0.717) is 11.5 Å². The van der Waals surface area contributed by atoms with Crippen molar-refractivity contribution in [1.82, 2.24) is 14.9 Å². The maximum absolute atomic E-state index is 4.83. The van der Waals surface area contributed by atoms with E-state index in [1.807, 2.05) is 0 Å². The number of aromatic nitrogens is 2. The van der Waals surface area contributed by atoms with E-state index in [9.17, 15) is 0 Å². The second kappa shape index (κ2) is 5.32. The third-order valence-corrected chi connectivity index (χ3v) is 7.45. The SMILES string of the molecule is C[C@@H](NCc1nc2ccccc2n1C)C12CC3CC(CC(C3)C1)C2. The maximum atomic E-state index is 4.83. The van der Waals surface area contributed by atoms with Crippen molar-refractivity contribution in [3.8, 4) is 0 Å². The molecule has 4 aliphatic carbocycles. The van der Waals surface area contributed by atoms with Crippen LogP contribution in [0.25, 0.3) is 11.0 Å². The summed E-state index contributed by atoms with van der Waals surface area (Å²) in [5, 5.41) is 3.87. The molecular formula is C21H29N3. The van der Waals surface area contributed by atoms with Gasteiger partial charge < -0.3 is 9.88 Å². The molecule has 1 aromatic heterocycles. The summed E-state index contributed by atoms with van der Waals surface area (Å²) >= 11 is 0. The number of nitrogens with zero attached hydrogens (tertiary/aromatic N) is 2. The Morgan fingerprint density at radius 2 is 1.75 bits per heavy atom. The van der Waals surface area contributed by atoms with Crippen LogP contribution in [-0.4, -0.2) is 15.6 Å². The quantitative estimate of drug-likeness (QED) is 0.911. The summed E-state index contributed by atoms with van der Waals surface area (Å²) < 4.78 is 2.24. The zero-order valence-electron chi connectivity index (χ0n) is 15.0. The topological polar surface area (TPSA) is 29.9 Å². The zero-order chi connectivity index (χ0) is 16.3. The predicted molar refractivity (Wildman–Crippen MR) is 97.6 cm³/mol. The molecule has 1 N–H and O–H groups in total. The molecule has 3 heteroatoms. The molecule has 2 aromatic rings. The molecular weight excluding hydrogens is 294 g/mol. The Morgan fingerprint density at radius 1 is 1.12 bits per heavy atom. The van der Waals surface area contributed by atoms with E-state index in [2.05, 4.69) is 48.1 Å². The lowest BCUT2D eigenvalue weighted by atomic mass is 9.48. The van der Waals surface area contributed by atoms with Crippen molar-refractivity contribution in [2.24, 2.45) is 30.2 Å². The first-order valence-electron chi connectivity index (χ1n) is 9.77. The summed E-state index contributed by atoms with van der Waals surface area (Å²) in [5.74, 6) is 4.23. The molecule has 6 rings (SSSR count). The van der Waals surface area contributed by atoms with Crippen LogP contribution in [0.15, 0.2) is 24.3 Å². The van der Waals surface area contributed by atoms with Crippen LogP contribution in [-0.2, 0) is 13.6 Å². The Hall–Kier alpha value is -1.35. The van der Waals surface area contributed by atoms with Gasteiger partial charge in [0.2, 0.25) is 0 Å². The predicted octanol–water partition coefficient (Wildman–Crippen LogP) is 4.27. The number of nitrogens with one attached hydrogen (secondary N) is 1. The molecule has 1 aromatic carbocycles. The lowest BCUT2D eigenvalue weighted by Crippen LogP contribution is -2.54. The van der Waals surface area contributed by atoms with Crippen LogP contribution in [0.1, 0.15) is 51.3 Å². The summed E-state index contributed by atoms with van der Waals surface area (Å²) in [4.78, 5) is 4.83. The largest absolute Gasteiger partial charge is 0.330 e. The Morgan fingerprint density at radius 3 is 2.38 bits per heavy atom. The van der Waals surface area contributed by atoms with Gasteiger partial charge in [-0.1, -0.05) is 12.1 Å². The first-order chi connectivity index (χ1) is 11.6. The van der Waals surface area contributed by atoms with E-state index in [0.717, 1.165) is 35.6 Å². The number of imidazole rings is 1. The van der Waals surface area contributed by atoms with Gasteiger partial charge in [0.05, 0.1) is 17.6 Å². The van der Waals surface area contributed by atoms with Crippen LogP contribution in [0, 0.1) is 23.2 Å². The van der Waals surface area contributed by atoms with Gasteiger partial charge in [-0.3, -0.25) is 0 Å². The fraction of sp³-hybridized carbons (Fsp3) is 0.667. The number of fused-ring (bicyclic) bond motifs is 1. The Bertz CT molecular complexity index is 724. The van der Waals surface area contributed by atoms with E-state index in [1.165, 1.54) is 44.0 Å². The second-order valence-corrected chi connectivity index (χ2v) is 8.96. The van der Waals surface area contributed by atoms with Crippen LogP contribution >= 0.6 is 0 Å². The highest BCUT2D eigenvalue weighted by Crippen LogP contribution is 2.61. The minimum Gasteiger partial charge on any atom is -0.330 e. The number of rotatable bonds is 4. The molecule has 3 nitrogen and oxygen atoms in total. The Kier molecular flexibility index (Phi) is 3.31. The molecule has 0 spiro atoms. The molecule has 0 unspecified atom stereocenters. The standard InChI is InChI=1S/C21H29N3/c1-14(21-10-15-7-16(11-21)9-17(8-15)12-21)22-13-20-23-18-5-3-4-6-19(18)24(20)2/h3-6,14-17,22H,7-13H2,1-2H3/t14-,15?,16?,17?,21?/m1/s1. The van der Waals surface area contributed by atoms with E-state index < -0.39 is 0 Å². The highest BCUT2D eigenvalue weighted by atomic mass is 15.1. The third-order valence-electron chi connectivity index (χ3n) is 7.45. The summed E-state index contributed by atoms with van der Waals surface area (Å²) in [5.41, 5.74) is 2.91. The van der Waals surface area contributed by atoms with Gasteiger partial charge in [0.1, 0.15) is 5.82 Å². The fourth-order valence-corrected chi connectivity index (χ4v) is 6.52. The van der Waals surface area contributed by atoms with Crippen molar-refractivity contribution in [3.05, 3.63) is 30.1 Å². The molecule has 24 heavy (non-hydrogen) atoms. The van der Waals surface area contributed by atoms with Crippen LogP contribution in [0.4, 0.5) is 0 Å². The molecule has 4 bridgehead atoms. The number of hydrogen-bond acceptors (Lipinski definition) is 2. The molecule has 128 valence electrons. The number of benzene rings is 1. The molecule has 0 radical (unpaired) electrons. The third kappa shape index (κ3) is 2.24. The van der Waals surface area contributed by atoms with E-state index in [1.54, 1.807) is 0 Å². The molecule has 4 aliphatic rings. The average molecular weight is 323 g/mol. The van der Waals surface area contributed by atoms with Crippen molar-refractivity contribution < 1.29 is 0 Å². The highest BCUT2D eigenvalue weighted by Gasteiger charge is 2.52. The summed E-state index contributed by atoms with van der Waals surface area (Å²) in [6.45, 7) is 3.32. The molecule has 1 heterocycles. The zero-order valence-corrected chi connectivity index (χ0v) is 15.0. The first kappa shape index (κ1) is 14.9. The van der Waals surface area contributed by atoms with Gasteiger partial charge in [-0.25, -0.2) is 4.98 Å². The number of aryl methyl sites for hydroxylation is 1. The molecule has 4 fully saturated rings. The smallest absolute Gasteiger partial charge is 0.123 e. The van der Waals surface area contributed by atoms with Crippen molar-refractivity contribution >= 4 is 11.0 Å². The van der Waals surface area contributed by atoms with Gasteiger partial charge in [-0.05, 0) is 80.8 Å². The lowest BCUT2D eigenvalue weighted by Gasteiger charge is -2.59. The summed E-state index contributed by atoms with van der Waals surface area (Å²) in [7, 11) is 2.14. The maximum Gasteiger partial charge on any atom is 0.123 e. The molecule has 0 amide bonds. The molecule has 0 saturated heterocycles. The van der Waals surface area contributed by atoms with Crippen LogP contribution in [0.5, 0.6) is 0 Å². The van der Waals surface area contributed by atoms with E-state index in [4.69, 9.17) is 4.98 Å². The van der Waals surface area contributed by atoms with Crippen molar-refractivity contribution in [2.45, 2.75) is 58.0 Å². The average Bonchev–Trinajstić information content (AvgIpc) is 2.88. The van der Waals surface area contributed by atoms with Gasteiger partial charge in [0, 0.05) is 13.1 Å². The van der Waals surface area contributed by atoms with E-state index in [-0.39, 0.29) is 0 Å². The Labute approximate surface area is 144 Å². The van der Waals surface area contributed by atoms with Gasteiger partial charge in [0.15, 0.2) is 0 Å². The summed E-state index contributed by atoms with van der Waals surface area (Å²) in [6, 6.07) is 9.05. The first-order valence-corrected chi connectivity index (χ1v) is 9.77. The minimum absolute atomic E-state index is 0.569. The monoisotopic (exact) mass is 323 g/mol. The van der Waals surface area contributed by atoms with Gasteiger partial charge >= 0.3 is 0 Å². The fourth-order valence-electron chi connectivity index (χ4n) is 6.52. The second-order valence-electron chi connectivity index (χ2n) is 8.96. The van der Waals surface area contributed by atoms with E-state index >= 15 is 0 Å². The normalized spacial score (nSPS) is 35.7. The lowest BCUT2D eigenvalue weighted by molar-refractivity contribution is -0.0707. The van der Waals surface area contributed by atoms with Crippen molar-refractivity contribution in [2.75, 3.05) is 0 Å². The van der Waals surface area contributed by atoms with Crippen LogP contribution in [0.2, 0.25) is 0 Å². The van der Waals surface area contributed by atoms with Gasteiger partial charge in [-0.15, -0.1) is 0 Å². The molecule has 1 atom stereocenters. The molecule has 0 aliphatic heterocycles. The Balaban J connectivity index is 1.33. The number of hydrogen-bond donors (Lipinski definition) is 1. The van der Waals surface area contributed by atoms with Gasteiger partial charge in [0.25, 0.3) is 0 Å². The van der Waals surface area contributed by atoms with Crippen molar-refractivity contribution in [1.29, 1.82) is 0 Å². The summed E-state index contributed by atoms with van der Waals surface area (Å²) in [6.07, 6.45) is 8.98. The molecule has 4 saturated carbocycles. The number of para-hydroxylation sites is 2. The highest BCUT2D eigenvalue weighted by molar-refractivity contribution is 5.75. The van der Waals surface area contributed by atoms with Crippen LogP contribution < -0.4 is 5.32 Å². The minimum atomic E-state index is 0.569. The van der Waals surface area contributed by atoms with Crippen molar-refractivity contribution in [3.63, 3.8) is 0 Å². The van der Waals surface area contributed by atoms with Crippen LogP contribution in [0.3, 0.4) is 0 Å².